The normalized spacial score (nSPS) is 20.3. The minimum atomic E-state index is -4.12. The first-order chi connectivity index (χ1) is 13.2. The van der Waals surface area contributed by atoms with Gasteiger partial charge >= 0.3 is 0 Å². The van der Waals surface area contributed by atoms with E-state index in [1.807, 2.05) is 0 Å². The summed E-state index contributed by atoms with van der Waals surface area (Å²) in [4.78, 5) is 14.0. The molecule has 2 fully saturated rings. The maximum Gasteiger partial charge on any atom is 0.246 e. The Hall–Kier alpha value is -1.58. The molecule has 1 aliphatic heterocycles. The van der Waals surface area contributed by atoms with E-state index in [-0.39, 0.29) is 31.0 Å². The minimum absolute atomic E-state index is 0.0787. The molecule has 1 N–H and O–H groups in total. The van der Waals surface area contributed by atoms with Crippen molar-refractivity contribution in [3.63, 3.8) is 0 Å². The third-order valence-corrected chi connectivity index (χ3v) is 7.64. The molecule has 2 aliphatic rings. The van der Waals surface area contributed by atoms with Crippen LogP contribution in [0.2, 0.25) is 0 Å². The van der Waals surface area contributed by atoms with Crippen LogP contribution in [0.4, 0.5) is 8.78 Å². The topological polar surface area (TPSA) is 69.7 Å². The second-order valence-corrected chi connectivity index (χ2v) is 9.65. The van der Waals surface area contributed by atoms with Crippen LogP contribution in [0.3, 0.4) is 0 Å². The smallest absolute Gasteiger partial charge is 0.246 e. The van der Waals surface area contributed by atoms with Crippen molar-refractivity contribution in [2.75, 3.05) is 26.7 Å². The van der Waals surface area contributed by atoms with E-state index in [0.29, 0.717) is 31.5 Å². The lowest BCUT2D eigenvalue weighted by atomic mass is 9.97. The number of carbonyl (C=O) groups excluding carboxylic acids is 1. The molecule has 1 saturated carbocycles. The van der Waals surface area contributed by atoms with Crippen LogP contribution >= 0.6 is 0 Å². The van der Waals surface area contributed by atoms with Gasteiger partial charge in [-0.25, -0.2) is 17.2 Å². The van der Waals surface area contributed by atoms with Gasteiger partial charge in [-0.3, -0.25) is 9.69 Å². The average molecular weight is 416 g/mol. The number of piperidine rings is 1. The predicted octanol–water partition coefficient (Wildman–Crippen LogP) is 1.96. The summed E-state index contributed by atoms with van der Waals surface area (Å²) in [7, 11) is -2.07. The molecule has 9 heteroatoms. The van der Waals surface area contributed by atoms with E-state index in [9.17, 15) is 22.0 Å². The highest BCUT2D eigenvalue weighted by Crippen LogP contribution is 2.27. The largest absolute Gasteiger partial charge is 0.354 e. The van der Waals surface area contributed by atoms with Crippen LogP contribution in [0, 0.1) is 17.6 Å². The summed E-state index contributed by atoms with van der Waals surface area (Å²) >= 11 is 0. The molecular weight excluding hydrogens is 388 g/mol. The highest BCUT2D eigenvalue weighted by Gasteiger charge is 2.34. The summed E-state index contributed by atoms with van der Waals surface area (Å²) in [5, 5.41) is 2.96. The second kappa shape index (κ2) is 8.42. The lowest BCUT2D eigenvalue weighted by Gasteiger charge is -2.31. The number of carbonyl (C=O) groups is 1. The van der Waals surface area contributed by atoms with Crippen molar-refractivity contribution in [2.45, 2.75) is 49.6 Å². The van der Waals surface area contributed by atoms with Crippen LogP contribution in [0.25, 0.3) is 0 Å². The first-order valence-electron chi connectivity index (χ1n) is 9.65. The van der Waals surface area contributed by atoms with Gasteiger partial charge in [0.05, 0.1) is 0 Å². The Balaban J connectivity index is 1.53. The van der Waals surface area contributed by atoms with Gasteiger partial charge < -0.3 is 5.32 Å². The van der Waals surface area contributed by atoms with Crippen molar-refractivity contribution in [2.24, 2.45) is 5.92 Å². The van der Waals surface area contributed by atoms with Gasteiger partial charge in [0.1, 0.15) is 16.5 Å². The number of amides is 1. The van der Waals surface area contributed by atoms with Crippen molar-refractivity contribution in [1.29, 1.82) is 0 Å². The first-order valence-corrected chi connectivity index (χ1v) is 11.1. The number of benzene rings is 1. The van der Waals surface area contributed by atoms with E-state index in [2.05, 4.69) is 24.2 Å². The number of nitrogens with one attached hydrogen (secondary N) is 1. The number of hydrogen-bond acceptors (Lipinski definition) is 4. The Morgan fingerprint density at radius 1 is 1.25 bits per heavy atom. The summed E-state index contributed by atoms with van der Waals surface area (Å²) < 4.78 is 53.6. The zero-order valence-electron chi connectivity index (χ0n) is 16.2. The van der Waals surface area contributed by atoms with Crippen LogP contribution in [0.1, 0.15) is 32.6 Å². The van der Waals surface area contributed by atoms with Crippen molar-refractivity contribution >= 4 is 15.9 Å². The molecule has 1 saturated heterocycles. The molecule has 1 atom stereocenters. The number of rotatable bonds is 7. The van der Waals surface area contributed by atoms with Gasteiger partial charge in [0.15, 0.2) is 0 Å². The van der Waals surface area contributed by atoms with E-state index >= 15 is 0 Å². The van der Waals surface area contributed by atoms with Gasteiger partial charge in [-0.15, -0.1) is 0 Å². The quantitative estimate of drug-likeness (QED) is 0.739. The standard InChI is InChI=1S/C19H27F2N3O3S/c1-13(23(2)16-4-5-16)12-22-19(25)14-7-9-24(10-8-14)28(26,27)18-11-15(20)3-6-17(18)21/h3,6,11,13-14,16H,4-5,7-10,12H2,1-2H3,(H,22,25). The van der Waals surface area contributed by atoms with Gasteiger partial charge in [-0.2, -0.15) is 4.31 Å². The highest BCUT2D eigenvalue weighted by atomic mass is 32.2. The Kier molecular flexibility index (Phi) is 6.36. The molecule has 1 heterocycles. The van der Waals surface area contributed by atoms with E-state index in [1.165, 1.54) is 12.8 Å². The monoisotopic (exact) mass is 415 g/mol. The Morgan fingerprint density at radius 2 is 1.89 bits per heavy atom. The third-order valence-electron chi connectivity index (χ3n) is 5.73. The van der Waals surface area contributed by atoms with Crippen LogP contribution < -0.4 is 5.32 Å². The molecule has 1 aliphatic carbocycles. The number of halogens is 2. The molecule has 1 amide bonds. The fourth-order valence-electron chi connectivity index (χ4n) is 3.55. The molecule has 0 radical (unpaired) electrons. The van der Waals surface area contributed by atoms with Crippen LogP contribution in [0.15, 0.2) is 23.1 Å². The lowest BCUT2D eigenvalue weighted by Crippen LogP contribution is -2.46. The van der Waals surface area contributed by atoms with Gasteiger partial charge in [0.2, 0.25) is 15.9 Å². The average Bonchev–Trinajstić information content (AvgIpc) is 3.52. The molecule has 28 heavy (non-hydrogen) atoms. The van der Waals surface area contributed by atoms with Gasteiger partial charge in [-0.05, 0) is 57.9 Å². The van der Waals surface area contributed by atoms with Gasteiger partial charge in [-0.1, -0.05) is 0 Å². The zero-order valence-corrected chi connectivity index (χ0v) is 17.0. The number of nitrogens with zero attached hydrogens (tertiary/aromatic N) is 2. The molecule has 0 bridgehead atoms. The van der Waals surface area contributed by atoms with Gasteiger partial charge in [0, 0.05) is 37.6 Å². The molecule has 0 spiro atoms. The fourth-order valence-corrected chi connectivity index (χ4v) is 5.10. The van der Waals surface area contributed by atoms with Crippen molar-refractivity contribution in [3.8, 4) is 0 Å². The van der Waals surface area contributed by atoms with E-state index in [0.717, 1.165) is 16.4 Å². The van der Waals surface area contributed by atoms with Crippen molar-refractivity contribution in [1.82, 2.24) is 14.5 Å². The molecule has 6 nitrogen and oxygen atoms in total. The fraction of sp³-hybridized carbons (Fsp3) is 0.632. The predicted molar refractivity (Wildman–Crippen MR) is 101 cm³/mol. The summed E-state index contributed by atoms with van der Waals surface area (Å²) in [6, 6.07) is 3.24. The van der Waals surface area contributed by atoms with E-state index in [1.54, 1.807) is 0 Å². The maximum absolute atomic E-state index is 13.9. The molecule has 1 aromatic rings. The Morgan fingerprint density at radius 3 is 2.50 bits per heavy atom. The maximum atomic E-state index is 13.9. The second-order valence-electron chi connectivity index (χ2n) is 7.74. The minimum Gasteiger partial charge on any atom is -0.354 e. The van der Waals surface area contributed by atoms with Gasteiger partial charge in [0.25, 0.3) is 0 Å². The number of likely N-dealkylation sites (N-methyl/N-ethyl adjacent to an activating group) is 1. The number of hydrogen-bond donors (Lipinski definition) is 1. The van der Waals surface area contributed by atoms with E-state index < -0.39 is 26.6 Å². The Labute approximate surface area is 164 Å². The van der Waals surface area contributed by atoms with Crippen molar-refractivity contribution < 1.29 is 22.0 Å². The number of sulfonamides is 1. The first kappa shape index (κ1) is 21.1. The summed E-state index contributed by atoms with van der Waals surface area (Å²) in [5.74, 6) is -2.14. The third kappa shape index (κ3) is 4.69. The SMILES string of the molecule is CC(CNC(=O)C1CCN(S(=O)(=O)c2cc(F)ccc2F)CC1)N(C)C1CC1. The Bertz CT molecular complexity index is 822. The summed E-state index contributed by atoms with van der Waals surface area (Å²) in [6.07, 6.45) is 3.12. The molecule has 1 aromatic carbocycles. The molecule has 3 rings (SSSR count). The van der Waals surface area contributed by atoms with E-state index in [4.69, 9.17) is 0 Å². The summed E-state index contributed by atoms with van der Waals surface area (Å²) in [5.41, 5.74) is 0. The van der Waals surface area contributed by atoms with Crippen LogP contribution in [-0.4, -0.2) is 62.3 Å². The summed E-state index contributed by atoms with van der Waals surface area (Å²) in [6.45, 7) is 2.84. The zero-order chi connectivity index (χ0) is 20.5. The lowest BCUT2D eigenvalue weighted by molar-refractivity contribution is -0.126. The van der Waals surface area contributed by atoms with Crippen LogP contribution in [-0.2, 0) is 14.8 Å². The molecule has 156 valence electrons. The molecule has 0 aromatic heterocycles. The highest BCUT2D eigenvalue weighted by molar-refractivity contribution is 7.89. The van der Waals surface area contributed by atoms with Crippen LogP contribution in [0.5, 0.6) is 0 Å². The van der Waals surface area contributed by atoms with Crippen molar-refractivity contribution in [3.05, 3.63) is 29.8 Å². The molecular formula is C19H27F2N3O3S. The molecule has 1 unspecified atom stereocenters.